The van der Waals surface area contributed by atoms with Crippen molar-refractivity contribution in [3.8, 4) is 6.07 Å². The molecule has 0 saturated carbocycles. The zero-order valence-corrected chi connectivity index (χ0v) is 15.7. The van der Waals surface area contributed by atoms with Crippen molar-refractivity contribution in [2.75, 3.05) is 7.05 Å². The van der Waals surface area contributed by atoms with Crippen molar-refractivity contribution in [2.45, 2.75) is 20.0 Å². The molecule has 0 aliphatic heterocycles. The number of nitriles is 1. The van der Waals surface area contributed by atoms with E-state index in [1.807, 2.05) is 24.3 Å². The minimum atomic E-state index is 0. The summed E-state index contributed by atoms with van der Waals surface area (Å²) < 4.78 is 0. The SMILES string of the molecule is CN=C(NCc1ccc(C#N)cc1)NCc1cccc(C)c1.I. The van der Waals surface area contributed by atoms with Gasteiger partial charge in [0.05, 0.1) is 11.6 Å². The lowest BCUT2D eigenvalue weighted by Crippen LogP contribution is -2.36. The Morgan fingerprint density at radius 3 is 2.26 bits per heavy atom. The average Bonchev–Trinajstić information content (AvgIpc) is 2.55. The van der Waals surface area contributed by atoms with Crippen molar-refractivity contribution in [3.63, 3.8) is 0 Å². The van der Waals surface area contributed by atoms with Crippen LogP contribution in [0.5, 0.6) is 0 Å². The fourth-order valence-corrected chi connectivity index (χ4v) is 2.11. The van der Waals surface area contributed by atoms with Crippen LogP contribution in [0.1, 0.15) is 22.3 Å². The lowest BCUT2D eigenvalue weighted by molar-refractivity contribution is 0.808. The van der Waals surface area contributed by atoms with Crippen LogP contribution in [0.3, 0.4) is 0 Å². The molecule has 0 radical (unpaired) electrons. The van der Waals surface area contributed by atoms with Gasteiger partial charge >= 0.3 is 0 Å². The molecule has 0 fully saturated rings. The van der Waals surface area contributed by atoms with Crippen LogP contribution in [0, 0.1) is 18.3 Å². The van der Waals surface area contributed by atoms with Crippen molar-refractivity contribution < 1.29 is 0 Å². The van der Waals surface area contributed by atoms with E-state index < -0.39 is 0 Å². The summed E-state index contributed by atoms with van der Waals surface area (Å²) in [5, 5.41) is 15.3. The molecule has 0 amide bonds. The average molecular weight is 420 g/mol. The van der Waals surface area contributed by atoms with Crippen LogP contribution in [-0.2, 0) is 13.1 Å². The molecule has 0 bridgehead atoms. The number of nitrogens with one attached hydrogen (secondary N) is 2. The highest BCUT2D eigenvalue weighted by molar-refractivity contribution is 14.0. The molecule has 0 spiro atoms. The minimum absolute atomic E-state index is 0. The zero-order valence-electron chi connectivity index (χ0n) is 13.3. The first-order valence-electron chi connectivity index (χ1n) is 7.20. The number of hydrogen-bond donors (Lipinski definition) is 2. The second kappa shape index (κ2) is 9.85. The molecule has 120 valence electrons. The molecule has 23 heavy (non-hydrogen) atoms. The second-order valence-corrected chi connectivity index (χ2v) is 5.08. The summed E-state index contributed by atoms with van der Waals surface area (Å²) >= 11 is 0. The minimum Gasteiger partial charge on any atom is -0.352 e. The van der Waals surface area contributed by atoms with Crippen molar-refractivity contribution in [1.82, 2.24) is 10.6 Å². The number of aryl methyl sites for hydroxylation is 1. The van der Waals surface area contributed by atoms with E-state index in [-0.39, 0.29) is 24.0 Å². The van der Waals surface area contributed by atoms with Gasteiger partial charge < -0.3 is 10.6 Å². The normalized spacial score (nSPS) is 10.4. The summed E-state index contributed by atoms with van der Waals surface area (Å²) in [6.07, 6.45) is 0. The van der Waals surface area contributed by atoms with Crippen LogP contribution in [0.15, 0.2) is 53.5 Å². The standard InChI is InChI=1S/C18H20N4.HI/c1-14-4-3-5-17(10-14)13-22-18(20-2)21-12-16-8-6-15(11-19)7-9-16;/h3-10H,12-13H2,1-2H3,(H2,20,21,22);1H. The molecule has 2 rings (SSSR count). The highest BCUT2D eigenvalue weighted by Gasteiger charge is 2.00. The van der Waals surface area contributed by atoms with Crippen LogP contribution in [0.25, 0.3) is 0 Å². The maximum Gasteiger partial charge on any atom is 0.191 e. The van der Waals surface area contributed by atoms with Gasteiger partial charge in [0.25, 0.3) is 0 Å². The molecule has 2 aromatic carbocycles. The van der Waals surface area contributed by atoms with Gasteiger partial charge in [0.1, 0.15) is 0 Å². The zero-order chi connectivity index (χ0) is 15.8. The monoisotopic (exact) mass is 420 g/mol. The number of hydrogen-bond acceptors (Lipinski definition) is 2. The second-order valence-electron chi connectivity index (χ2n) is 5.08. The van der Waals surface area contributed by atoms with Crippen LogP contribution in [-0.4, -0.2) is 13.0 Å². The van der Waals surface area contributed by atoms with E-state index in [1.54, 1.807) is 7.05 Å². The smallest absolute Gasteiger partial charge is 0.191 e. The molecule has 0 heterocycles. The van der Waals surface area contributed by atoms with Crippen molar-refractivity contribution >= 4 is 29.9 Å². The fraction of sp³-hybridized carbons (Fsp3) is 0.222. The van der Waals surface area contributed by atoms with Crippen molar-refractivity contribution in [1.29, 1.82) is 5.26 Å². The molecule has 0 aromatic heterocycles. The van der Waals surface area contributed by atoms with Crippen LogP contribution in [0.2, 0.25) is 0 Å². The number of aliphatic imine (C=N–C) groups is 1. The van der Waals surface area contributed by atoms with Gasteiger partial charge in [-0.3, -0.25) is 4.99 Å². The third-order valence-electron chi connectivity index (χ3n) is 3.31. The number of benzene rings is 2. The number of rotatable bonds is 4. The molecule has 4 nitrogen and oxygen atoms in total. The Balaban J connectivity index is 0.00000264. The van der Waals surface area contributed by atoms with Gasteiger partial charge in [0, 0.05) is 20.1 Å². The van der Waals surface area contributed by atoms with E-state index in [0.29, 0.717) is 12.1 Å². The first kappa shape index (κ1) is 19.0. The lowest BCUT2D eigenvalue weighted by Gasteiger charge is -2.12. The Bertz CT molecular complexity index is 687. The first-order chi connectivity index (χ1) is 10.7. The summed E-state index contributed by atoms with van der Waals surface area (Å²) in [6.45, 7) is 3.48. The van der Waals surface area contributed by atoms with Gasteiger partial charge in [-0.1, -0.05) is 42.0 Å². The first-order valence-corrected chi connectivity index (χ1v) is 7.20. The van der Waals surface area contributed by atoms with Gasteiger partial charge in [-0.2, -0.15) is 5.26 Å². The summed E-state index contributed by atoms with van der Waals surface area (Å²) in [5.41, 5.74) is 4.25. The van der Waals surface area contributed by atoms with E-state index in [4.69, 9.17) is 5.26 Å². The molecule has 0 atom stereocenters. The summed E-state index contributed by atoms with van der Waals surface area (Å²) in [5.74, 6) is 0.755. The Labute approximate surface area is 154 Å². The highest BCUT2D eigenvalue weighted by Crippen LogP contribution is 2.04. The predicted octanol–water partition coefficient (Wildman–Crippen LogP) is 3.35. The van der Waals surface area contributed by atoms with Crippen molar-refractivity contribution in [3.05, 3.63) is 70.8 Å². The van der Waals surface area contributed by atoms with E-state index in [1.165, 1.54) is 11.1 Å². The number of nitrogens with zero attached hydrogens (tertiary/aromatic N) is 2. The van der Waals surface area contributed by atoms with E-state index in [2.05, 4.69) is 52.9 Å². The molecule has 5 heteroatoms. The topological polar surface area (TPSA) is 60.2 Å². The van der Waals surface area contributed by atoms with Gasteiger partial charge in [-0.25, -0.2) is 0 Å². The molecule has 0 unspecified atom stereocenters. The Kier molecular flexibility index (Phi) is 8.13. The van der Waals surface area contributed by atoms with Gasteiger partial charge in [-0.15, -0.1) is 24.0 Å². The largest absolute Gasteiger partial charge is 0.352 e. The van der Waals surface area contributed by atoms with Crippen LogP contribution < -0.4 is 10.6 Å². The number of halogens is 1. The Morgan fingerprint density at radius 1 is 1.04 bits per heavy atom. The molecule has 0 saturated heterocycles. The van der Waals surface area contributed by atoms with Gasteiger partial charge in [0.15, 0.2) is 5.96 Å². The predicted molar refractivity (Wildman–Crippen MR) is 105 cm³/mol. The molecular formula is C18H21IN4. The van der Waals surface area contributed by atoms with E-state index in [0.717, 1.165) is 18.1 Å². The fourth-order valence-electron chi connectivity index (χ4n) is 2.11. The van der Waals surface area contributed by atoms with Gasteiger partial charge in [0.2, 0.25) is 0 Å². The third kappa shape index (κ3) is 6.28. The molecule has 2 aromatic rings. The van der Waals surface area contributed by atoms with Crippen LogP contribution in [0.4, 0.5) is 0 Å². The Hall–Kier alpha value is -2.07. The quantitative estimate of drug-likeness (QED) is 0.453. The van der Waals surface area contributed by atoms with E-state index >= 15 is 0 Å². The van der Waals surface area contributed by atoms with E-state index in [9.17, 15) is 0 Å². The maximum atomic E-state index is 8.79. The maximum absolute atomic E-state index is 8.79. The summed E-state index contributed by atoms with van der Waals surface area (Å²) in [6, 6.07) is 18.0. The summed E-state index contributed by atoms with van der Waals surface area (Å²) in [4.78, 5) is 4.22. The number of guanidine groups is 1. The van der Waals surface area contributed by atoms with Crippen molar-refractivity contribution in [2.24, 2.45) is 4.99 Å². The Morgan fingerprint density at radius 2 is 1.70 bits per heavy atom. The third-order valence-corrected chi connectivity index (χ3v) is 3.31. The molecule has 0 aliphatic rings. The summed E-state index contributed by atoms with van der Waals surface area (Å²) in [7, 11) is 1.75. The van der Waals surface area contributed by atoms with Crippen LogP contribution >= 0.6 is 24.0 Å². The molecule has 2 N–H and O–H groups in total. The van der Waals surface area contributed by atoms with Gasteiger partial charge in [-0.05, 0) is 30.2 Å². The highest BCUT2D eigenvalue weighted by atomic mass is 127. The molecule has 0 aliphatic carbocycles. The molecular weight excluding hydrogens is 399 g/mol. The lowest BCUT2D eigenvalue weighted by atomic mass is 10.1.